The zero-order chi connectivity index (χ0) is 7.98. The van der Waals surface area contributed by atoms with Crippen molar-refractivity contribution in [2.24, 2.45) is 0 Å². The van der Waals surface area contributed by atoms with Crippen LogP contribution in [0, 0.1) is 0 Å². The largest absolute Gasteiger partial charge is 1.00 e. The van der Waals surface area contributed by atoms with Crippen molar-refractivity contribution in [2.45, 2.75) is 13.8 Å². The molecule has 2 nitrogen and oxygen atoms in total. The summed E-state index contributed by atoms with van der Waals surface area (Å²) in [4.78, 5) is 0. The van der Waals surface area contributed by atoms with Crippen molar-refractivity contribution >= 4 is 11.4 Å². The SMILES string of the molecule is CC.[NH-]c1ccccc1N.[Rb+]. The summed E-state index contributed by atoms with van der Waals surface area (Å²) in [6.45, 7) is 4.00. The maximum atomic E-state index is 7.09. The number of hydrogen-bond acceptors (Lipinski definition) is 1. The summed E-state index contributed by atoms with van der Waals surface area (Å²) in [5, 5.41) is 0. The van der Waals surface area contributed by atoms with Crippen LogP contribution in [-0.4, -0.2) is 0 Å². The Morgan fingerprint density at radius 2 is 1.64 bits per heavy atom. The molecule has 0 saturated carbocycles. The fourth-order valence-corrected chi connectivity index (χ4v) is 0.497. The van der Waals surface area contributed by atoms with Crippen molar-refractivity contribution < 1.29 is 58.2 Å². The van der Waals surface area contributed by atoms with E-state index in [1.165, 1.54) is 0 Å². The molecule has 0 aromatic heterocycles. The predicted molar refractivity (Wildman–Crippen MR) is 46.2 cm³/mol. The number of para-hydroxylation sites is 1. The van der Waals surface area contributed by atoms with Crippen molar-refractivity contribution in [1.82, 2.24) is 0 Å². The van der Waals surface area contributed by atoms with E-state index in [1.807, 2.05) is 19.9 Å². The van der Waals surface area contributed by atoms with Gasteiger partial charge in [-0.1, -0.05) is 32.0 Å². The van der Waals surface area contributed by atoms with Crippen LogP contribution in [0.15, 0.2) is 24.3 Å². The molecular weight excluding hydrogens is 210 g/mol. The van der Waals surface area contributed by atoms with Crippen LogP contribution in [0.4, 0.5) is 11.4 Å². The minimum Gasteiger partial charge on any atom is -0.697 e. The van der Waals surface area contributed by atoms with Crippen molar-refractivity contribution in [1.29, 1.82) is 0 Å². The smallest absolute Gasteiger partial charge is 0.697 e. The number of anilines is 1. The van der Waals surface area contributed by atoms with E-state index in [-0.39, 0.29) is 58.2 Å². The zero-order valence-corrected chi connectivity index (χ0v) is 12.3. The van der Waals surface area contributed by atoms with Crippen LogP contribution in [-0.2, 0) is 0 Å². The molecule has 0 fully saturated rings. The molecule has 0 amide bonds. The third-order valence-corrected chi connectivity index (χ3v) is 0.961. The molecule has 56 valence electrons. The van der Waals surface area contributed by atoms with Crippen LogP contribution in [0.5, 0.6) is 0 Å². The number of rotatable bonds is 0. The summed E-state index contributed by atoms with van der Waals surface area (Å²) in [5.41, 5.74) is 13.4. The number of nitrogen functional groups attached to an aromatic ring is 1. The molecule has 0 aliphatic carbocycles. The molecule has 1 aromatic rings. The van der Waals surface area contributed by atoms with Gasteiger partial charge in [-0.25, -0.2) is 0 Å². The Bertz CT molecular complexity index is 168. The van der Waals surface area contributed by atoms with E-state index in [1.54, 1.807) is 18.2 Å². The second kappa shape index (κ2) is 8.72. The molecule has 3 N–H and O–H groups in total. The molecule has 0 aliphatic heterocycles. The first kappa shape index (κ1) is 14.2. The summed E-state index contributed by atoms with van der Waals surface area (Å²) in [7, 11) is 0. The molecule has 0 saturated heterocycles. The van der Waals surface area contributed by atoms with E-state index in [2.05, 4.69) is 0 Å². The Morgan fingerprint density at radius 1 is 1.18 bits per heavy atom. The Kier molecular flexibility index (Phi) is 11.2. The number of hydrogen-bond donors (Lipinski definition) is 1. The van der Waals surface area contributed by atoms with Crippen molar-refractivity contribution in [2.75, 3.05) is 5.73 Å². The fraction of sp³-hybridized carbons (Fsp3) is 0.250. The predicted octanol–water partition coefficient (Wildman–Crippen LogP) is -0.0173. The van der Waals surface area contributed by atoms with E-state index >= 15 is 0 Å². The van der Waals surface area contributed by atoms with Gasteiger partial charge in [0.25, 0.3) is 0 Å². The van der Waals surface area contributed by atoms with Gasteiger partial charge in [0.15, 0.2) is 0 Å². The van der Waals surface area contributed by atoms with Gasteiger partial charge in [0, 0.05) is 5.69 Å². The average molecular weight is 223 g/mol. The molecule has 0 unspecified atom stereocenters. The third-order valence-electron chi connectivity index (χ3n) is 0.961. The molecule has 0 spiro atoms. The van der Waals surface area contributed by atoms with Crippen LogP contribution in [0.2, 0.25) is 0 Å². The van der Waals surface area contributed by atoms with Gasteiger partial charge in [0.1, 0.15) is 0 Å². The summed E-state index contributed by atoms with van der Waals surface area (Å²) in [6, 6.07) is 6.98. The molecule has 0 bridgehead atoms. The van der Waals surface area contributed by atoms with E-state index in [4.69, 9.17) is 11.5 Å². The maximum Gasteiger partial charge on any atom is 1.00 e. The average Bonchev–Trinajstić information content (AvgIpc) is 2.00. The van der Waals surface area contributed by atoms with Crippen molar-refractivity contribution in [3.63, 3.8) is 0 Å². The molecule has 3 heteroatoms. The fourth-order valence-electron chi connectivity index (χ4n) is 0.497. The Morgan fingerprint density at radius 3 is 1.91 bits per heavy atom. The van der Waals surface area contributed by atoms with E-state index < -0.39 is 0 Å². The standard InChI is InChI=1S/C6H7N2.C2H6.Rb/c7-5-3-1-2-4-6(5)8;1-2;/h1-4,7H,8H2;1-2H3;/q-1;;+1. The van der Waals surface area contributed by atoms with Crippen molar-refractivity contribution in [3.8, 4) is 0 Å². The topological polar surface area (TPSA) is 49.8 Å². The van der Waals surface area contributed by atoms with Gasteiger partial charge in [0.05, 0.1) is 0 Å². The van der Waals surface area contributed by atoms with Gasteiger partial charge in [-0.3, -0.25) is 0 Å². The summed E-state index contributed by atoms with van der Waals surface area (Å²) >= 11 is 0. The minimum absolute atomic E-state index is 0. The first-order chi connectivity index (χ1) is 4.80. The maximum absolute atomic E-state index is 7.09. The van der Waals surface area contributed by atoms with Gasteiger partial charge in [-0.05, 0) is 6.07 Å². The van der Waals surface area contributed by atoms with Crippen LogP contribution >= 0.6 is 0 Å². The minimum atomic E-state index is 0. The molecule has 0 heterocycles. The third kappa shape index (κ3) is 5.85. The van der Waals surface area contributed by atoms with Crippen LogP contribution < -0.4 is 63.9 Å². The summed E-state index contributed by atoms with van der Waals surface area (Å²) < 4.78 is 0. The van der Waals surface area contributed by atoms with Crippen LogP contribution in [0.3, 0.4) is 0 Å². The number of benzene rings is 1. The van der Waals surface area contributed by atoms with Gasteiger partial charge < -0.3 is 11.5 Å². The van der Waals surface area contributed by atoms with E-state index in [0.717, 1.165) is 0 Å². The number of nitrogens with one attached hydrogen (secondary N) is 1. The first-order valence-electron chi connectivity index (χ1n) is 3.37. The van der Waals surface area contributed by atoms with Gasteiger partial charge in [-0.15, -0.1) is 5.69 Å². The van der Waals surface area contributed by atoms with E-state index in [9.17, 15) is 0 Å². The molecule has 1 rings (SSSR count). The molecular formula is C8H13N2Rb. The van der Waals surface area contributed by atoms with Crippen LogP contribution in [0.1, 0.15) is 13.8 Å². The summed E-state index contributed by atoms with van der Waals surface area (Å²) in [5.74, 6) is 0. The molecule has 0 radical (unpaired) electrons. The number of nitrogens with two attached hydrogens (primary N) is 1. The Labute approximate surface area is 117 Å². The second-order valence-electron chi connectivity index (χ2n) is 1.59. The second-order valence-corrected chi connectivity index (χ2v) is 1.59. The van der Waals surface area contributed by atoms with Gasteiger partial charge in [0.2, 0.25) is 0 Å². The molecule has 1 aromatic carbocycles. The molecule has 11 heavy (non-hydrogen) atoms. The normalized spacial score (nSPS) is 7.09. The first-order valence-corrected chi connectivity index (χ1v) is 3.37. The van der Waals surface area contributed by atoms with Crippen LogP contribution in [0.25, 0.3) is 5.73 Å². The molecule has 0 atom stereocenters. The van der Waals surface area contributed by atoms with Gasteiger partial charge >= 0.3 is 58.2 Å². The van der Waals surface area contributed by atoms with E-state index in [0.29, 0.717) is 11.4 Å². The van der Waals surface area contributed by atoms with Gasteiger partial charge in [-0.2, -0.15) is 0 Å². The van der Waals surface area contributed by atoms with Crippen molar-refractivity contribution in [3.05, 3.63) is 30.0 Å². The Hall–Kier alpha value is 0.625. The Balaban J connectivity index is 0. The quantitative estimate of drug-likeness (QED) is 0.617. The molecule has 0 aliphatic rings. The monoisotopic (exact) mass is 222 g/mol. The zero-order valence-electron chi connectivity index (χ0n) is 7.39. The summed E-state index contributed by atoms with van der Waals surface area (Å²) in [6.07, 6.45) is 0.